The monoisotopic (exact) mass is 420 g/mol. The molecule has 30 heavy (non-hydrogen) atoms. The molecule has 4 rings (SSSR count). The Morgan fingerprint density at radius 1 is 1.03 bits per heavy atom. The lowest BCUT2D eigenvalue weighted by atomic mass is 10.0. The maximum Gasteiger partial charge on any atom is 0.269 e. The lowest BCUT2D eigenvalue weighted by molar-refractivity contribution is 0.402. The smallest absolute Gasteiger partial charge is 0.269 e. The second kappa shape index (κ2) is 7.59. The number of rotatable bonds is 5. The van der Waals surface area contributed by atoms with E-state index in [1.54, 1.807) is 30.5 Å². The van der Waals surface area contributed by atoms with Gasteiger partial charge in [-0.2, -0.15) is 0 Å². The number of aromatic nitrogens is 2. The zero-order chi connectivity index (χ0) is 21.5. The molecule has 0 aliphatic rings. The van der Waals surface area contributed by atoms with Crippen molar-refractivity contribution in [3.63, 3.8) is 0 Å². The maximum atomic E-state index is 13.1. The Morgan fingerprint density at radius 3 is 2.47 bits per heavy atom. The van der Waals surface area contributed by atoms with Gasteiger partial charge >= 0.3 is 0 Å². The molecule has 2 N–H and O–H groups in total. The first kappa shape index (κ1) is 20.1. The van der Waals surface area contributed by atoms with E-state index in [1.807, 2.05) is 39.2 Å². The summed E-state index contributed by atoms with van der Waals surface area (Å²) in [6.07, 6.45) is 3.12. The molecule has 0 aliphatic heterocycles. The van der Waals surface area contributed by atoms with Gasteiger partial charge in [-0.15, -0.1) is 0 Å². The molecule has 0 radical (unpaired) electrons. The molecule has 0 saturated carbocycles. The summed E-state index contributed by atoms with van der Waals surface area (Å²) in [5, 5.41) is 0.612. The van der Waals surface area contributed by atoms with Crippen LogP contribution in [-0.2, 0) is 16.6 Å². The predicted molar refractivity (Wildman–Crippen MR) is 121 cm³/mol. The Kier molecular flexibility index (Phi) is 5.09. The van der Waals surface area contributed by atoms with E-state index in [-0.39, 0.29) is 4.90 Å². The van der Waals surface area contributed by atoms with Crippen molar-refractivity contribution in [3.05, 3.63) is 78.1 Å². The van der Waals surface area contributed by atoms with Gasteiger partial charge in [0.2, 0.25) is 0 Å². The van der Waals surface area contributed by atoms with Crippen LogP contribution in [0.2, 0.25) is 0 Å². The van der Waals surface area contributed by atoms with Gasteiger partial charge in [0.1, 0.15) is 0 Å². The highest BCUT2D eigenvalue weighted by Crippen LogP contribution is 2.30. The Bertz CT molecular complexity index is 1320. The zero-order valence-electron chi connectivity index (χ0n) is 17.2. The lowest BCUT2D eigenvalue weighted by Crippen LogP contribution is -2.12. The molecule has 4 aromatic rings. The van der Waals surface area contributed by atoms with Gasteiger partial charge in [-0.3, -0.25) is 0 Å². The highest BCUT2D eigenvalue weighted by molar-refractivity contribution is 7.90. The molecule has 0 spiro atoms. The van der Waals surface area contributed by atoms with Gasteiger partial charge in [0.25, 0.3) is 10.0 Å². The number of nitrogens with two attached hydrogens (primary N) is 1. The topological polar surface area (TPSA) is 81.2 Å². The largest absolute Gasteiger partial charge is 0.397 e. The number of anilines is 1. The Balaban J connectivity index is 1.80. The fourth-order valence-electron chi connectivity index (χ4n) is 3.48. The van der Waals surface area contributed by atoms with E-state index in [1.165, 1.54) is 11.8 Å². The first-order valence-electron chi connectivity index (χ1n) is 9.58. The van der Waals surface area contributed by atoms with Crippen LogP contribution in [0.4, 0.5) is 5.69 Å². The quantitative estimate of drug-likeness (QED) is 0.530. The van der Waals surface area contributed by atoms with Crippen LogP contribution in [0.5, 0.6) is 0 Å². The van der Waals surface area contributed by atoms with Gasteiger partial charge in [-0.1, -0.05) is 35.9 Å². The van der Waals surface area contributed by atoms with Gasteiger partial charge in [-0.25, -0.2) is 17.4 Å². The molecular weight excluding hydrogens is 396 g/mol. The second-order valence-corrected chi connectivity index (χ2v) is 9.55. The number of fused-ring (bicyclic) bond motifs is 1. The Labute approximate surface area is 176 Å². The van der Waals surface area contributed by atoms with Crippen LogP contribution in [0.1, 0.15) is 11.1 Å². The number of nitrogens with zero attached hydrogens (tertiary/aromatic N) is 3. The summed E-state index contributed by atoms with van der Waals surface area (Å²) in [5.74, 6) is 0. The molecule has 0 atom stereocenters. The van der Waals surface area contributed by atoms with Gasteiger partial charge in [0, 0.05) is 29.9 Å². The number of nitrogen functional groups attached to an aromatic ring is 1. The van der Waals surface area contributed by atoms with E-state index in [0.717, 1.165) is 27.2 Å². The fraction of sp³-hybridized carbons (Fsp3) is 0.174. The highest BCUT2D eigenvalue weighted by atomic mass is 32.2. The molecule has 2 aromatic heterocycles. The van der Waals surface area contributed by atoms with E-state index >= 15 is 0 Å². The average molecular weight is 421 g/mol. The van der Waals surface area contributed by atoms with Crippen molar-refractivity contribution in [1.82, 2.24) is 13.9 Å². The summed E-state index contributed by atoms with van der Waals surface area (Å²) in [6.45, 7) is 2.74. The van der Waals surface area contributed by atoms with E-state index in [0.29, 0.717) is 16.7 Å². The summed E-state index contributed by atoms with van der Waals surface area (Å²) < 4.78 is 27.4. The van der Waals surface area contributed by atoms with E-state index < -0.39 is 10.0 Å². The summed E-state index contributed by atoms with van der Waals surface area (Å²) >= 11 is 0. The normalized spacial score (nSPS) is 12.0. The third-order valence-electron chi connectivity index (χ3n) is 4.98. The van der Waals surface area contributed by atoms with Gasteiger partial charge < -0.3 is 10.6 Å². The second-order valence-electron chi connectivity index (χ2n) is 7.73. The van der Waals surface area contributed by atoms with Crippen molar-refractivity contribution in [2.75, 3.05) is 19.8 Å². The average Bonchev–Trinajstić information content (AvgIpc) is 3.05. The third kappa shape index (κ3) is 3.69. The predicted octanol–water partition coefficient (Wildman–Crippen LogP) is 3.89. The zero-order valence-corrected chi connectivity index (χ0v) is 18.0. The maximum absolute atomic E-state index is 13.1. The number of benzene rings is 2. The van der Waals surface area contributed by atoms with Crippen molar-refractivity contribution in [2.45, 2.75) is 18.4 Å². The standard InChI is InChI=1S/C23H24N4O2S/c1-16-7-9-20(10-8-16)30(28,29)27-15-22(24)21-12-19(13-25-23(21)27)18-6-4-5-17(11-18)14-26(2)3/h4-13,15H,14,24H2,1-3H3. The molecule has 0 bridgehead atoms. The Morgan fingerprint density at radius 2 is 1.77 bits per heavy atom. The first-order valence-corrected chi connectivity index (χ1v) is 11.0. The molecule has 154 valence electrons. The number of hydrogen-bond acceptors (Lipinski definition) is 5. The summed E-state index contributed by atoms with van der Waals surface area (Å²) in [5.41, 5.74) is 11.0. The summed E-state index contributed by atoms with van der Waals surface area (Å²) in [6, 6.07) is 16.8. The fourth-order valence-corrected chi connectivity index (χ4v) is 4.81. The molecule has 0 fully saturated rings. The van der Waals surface area contributed by atoms with E-state index in [2.05, 4.69) is 22.0 Å². The lowest BCUT2D eigenvalue weighted by Gasteiger charge is -2.11. The van der Waals surface area contributed by atoms with Crippen molar-refractivity contribution >= 4 is 26.7 Å². The van der Waals surface area contributed by atoms with Crippen molar-refractivity contribution in [1.29, 1.82) is 0 Å². The highest BCUT2D eigenvalue weighted by Gasteiger charge is 2.22. The SMILES string of the molecule is Cc1ccc(S(=O)(=O)n2cc(N)c3cc(-c4cccc(CN(C)C)c4)cnc32)cc1. The minimum atomic E-state index is -3.79. The summed E-state index contributed by atoms with van der Waals surface area (Å²) in [4.78, 5) is 6.78. The minimum Gasteiger partial charge on any atom is -0.397 e. The van der Waals surface area contributed by atoms with Gasteiger partial charge in [-0.05, 0) is 56.4 Å². The van der Waals surface area contributed by atoms with Gasteiger partial charge in [0.15, 0.2) is 5.65 Å². The minimum absolute atomic E-state index is 0.201. The van der Waals surface area contributed by atoms with Crippen LogP contribution in [0, 0.1) is 6.92 Å². The number of aryl methyl sites for hydroxylation is 1. The van der Waals surface area contributed by atoms with E-state index in [9.17, 15) is 8.42 Å². The van der Waals surface area contributed by atoms with Crippen molar-refractivity contribution in [3.8, 4) is 11.1 Å². The number of hydrogen-bond donors (Lipinski definition) is 1. The van der Waals surface area contributed by atoms with Crippen molar-refractivity contribution < 1.29 is 8.42 Å². The number of pyridine rings is 1. The first-order chi connectivity index (χ1) is 14.3. The molecule has 2 aromatic carbocycles. The van der Waals surface area contributed by atoms with Crippen molar-refractivity contribution in [2.24, 2.45) is 0 Å². The van der Waals surface area contributed by atoms with Crippen LogP contribution in [0.3, 0.4) is 0 Å². The van der Waals surface area contributed by atoms with E-state index in [4.69, 9.17) is 5.73 Å². The molecule has 7 heteroatoms. The molecule has 0 saturated heterocycles. The summed E-state index contributed by atoms with van der Waals surface area (Å²) in [7, 11) is 0.261. The van der Waals surface area contributed by atoms with Gasteiger partial charge in [0.05, 0.1) is 10.6 Å². The van der Waals surface area contributed by atoms with Crippen LogP contribution in [-0.4, -0.2) is 36.4 Å². The molecule has 6 nitrogen and oxygen atoms in total. The molecule has 0 aliphatic carbocycles. The molecule has 2 heterocycles. The molecule has 0 unspecified atom stereocenters. The molecule has 0 amide bonds. The Hall–Kier alpha value is -3.16. The van der Waals surface area contributed by atoms with Crippen LogP contribution in [0.15, 0.2) is 71.9 Å². The molecular formula is C23H24N4O2S. The third-order valence-corrected chi connectivity index (χ3v) is 6.64. The van der Waals surface area contributed by atoms with Crippen LogP contribution >= 0.6 is 0 Å². The van der Waals surface area contributed by atoms with Crippen LogP contribution < -0.4 is 5.73 Å². The van der Waals surface area contributed by atoms with Crippen LogP contribution in [0.25, 0.3) is 22.2 Å².